The van der Waals surface area contributed by atoms with Crippen molar-refractivity contribution in [2.45, 2.75) is 13.8 Å². The van der Waals surface area contributed by atoms with Crippen molar-refractivity contribution in [1.82, 2.24) is 9.97 Å². The first-order valence-corrected chi connectivity index (χ1v) is 7.91. The Morgan fingerprint density at radius 2 is 1.70 bits per heavy atom. The van der Waals surface area contributed by atoms with Gasteiger partial charge < -0.3 is 10.6 Å². The number of nitrogens with zero attached hydrogens (tertiary/aromatic N) is 3. The molecule has 0 aliphatic heterocycles. The van der Waals surface area contributed by atoms with E-state index in [1.54, 1.807) is 6.07 Å². The van der Waals surface area contributed by atoms with Crippen LogP contribution in [0.15, 0.2) is 42.7 Å². The summed E-state index contributed by atoms with van der Waals surface area (Å²) in [7, 11) is 0. The molecule has 0 radical (unpaired) electrons. The SMILES string of the molecule is Cc1cccc(Nc2ncnc(Nc3ccc(F)c(F)c3)c2[N+](=O)[O-])c1C. The second kappa shape index (κ2) is 7.32. The van der Waals surface area contributed by atoms with Crippen LogP contribution in [-0.4, -0.2) is 14.9 Å². The Morgan fingerprint density at radius 1 is 1.00 bits per heavy atom. The fraction of sp³-hybridized carbons (Fsp3) is 0.111. The van der Waals surface area contributed by atoms with Crippen molar-refractivity contribution in [2.24, 2.45) is 0 Å². The van der Waals surface area contributed by atoms with Crippen LogP contribution in [0.25, 0.3) is 0 Å². The van der Waals surface area contributed by atoms with Gasteiger partial charge in [-0.1, -0.05) is 12.1 Å². The smallest absolute Gasteiger partial charge is 0.334 e. The maximum Gasteiger partial charge on any atom is 0.353 e. The molecule has 0 saturated carbocycles. The van der Waals surface area contributed by atoms with E-state index in [1.807, 2.05) is 26.0 Å². The lowest BCUT2D eigenvalue weighted by Gasteiger charge is -2.12. The first-order chi connectivity index (χ1) is 12.9. The van der Waals surface area contributed by atoms with Crippen LogP contribution in [0.5, 0.6) is 0 Å². The Morgan fingerprint density at radius 3 is 2.37 bits per heavy atom. The van der Waals surface area contributed by atoms with Gasteiger partial charge in [0.25, 0.3) is 0 Å². The summed E-state index contributed by atoms with van der Waals surface area (Å²) in [5.41, 5.74) is 2.30. The summed E-state index contributed by atoms with van der Waals surface area (Å²) in [5.74, 6) is -2.26. The Balaban J connectivity index is 2.01. The molecule has 0 aliphatic rings. The van der Waals surface area contributed by atoms with Gasteiger partial charge in [-0.3, -0.25) is 10.1 Å². The lowest BCUT2D eigenvalue weighted by atomic mass is 10.1. The summed E-state index contributed by atoms with van der Waals surface area (Å²) in [4.78, 5) is 18.8. The van der Waals surface area contributed by atoms with E-state index >= 15 is 0 Å². The van der Waals surface area contributed by atoms with E-state index in [0.29, 0.717) is 5.69 Å². The molecule has 138 valence electrons. The molecule has 27 heavy (non-hydrogen) atoms. The van der Waals surface area contributed by atoms with E-state index < -0.39 is 22.2 Å². The largest absolute Gasteiger partial charge is 0.353 e. The fourth-order valence-corrected chi connectivity index (χ4v) is 2.46. The van der Waals surface area contributed by atoms with E-state index in [2.05, 4.69) is 20.6 Å². The average Bonchev–Trinajstić information content (AvgIpc) is 2.62. The van der Waals surface area contributed by atoms with Crippen molar-refractivity contribution >= 4 is 28.7 Å². The van der Waals surface area contributed by atoms with Gasteiger partial charge in [0.05, 0.1) is 4.92 Å². The molecular weight excluding hydrogens is 356 g/mol. The molecule has 3 rings (SSSR count). The number of rotatable bonds is 5. The highest BCUT2D eigenvalue weighted by Gasteiger charge is 2.24. The zero-order valence-corrected chi connectivity index (χ0v) is 14.5. The molecule has 9 heteroatoms. The number of benzene rings is 2. The van der Waals surface area contributed by atoms with Crippen LogP contribution in [0.2, 0.25) is 0 Å². The van der Waals surface area contributed by atoms with Crippen LogP contribution in [0.1, 0.15) is 11.1 Å². The predicted octanol–water partition coefficient (Wildman–Crippen LogP) is 4.77. The molecule has 0 aliphatic carbocycles. The second-order valence-corrected chi connectivity index (χ2v) is 5.80. The summed E-state index contributed by atoms with van der Waals surface area (Å²) in [5, 5.41) is 17.2. The lowest BCUT2D eigenvalue weighted by molar-refractivity contribution is -0.383. The zero-order chi connectivity index (χ0) is 19.6. The third-order valence-corrected chi connectivity index (χ3v) is 4.04. The van der Waals surface area contributed by atoms with Crippen molar-refractivity contribution in [3.8, 4) is 0 Å². The Labute approximate surface area is 153 Å². The third-order valence-electron chi connectivity index (χ3n) is 4.04. The first-order valence-electron chi connectivity index (χ1n) is 7.91. The zero-order valence-electron chi connectivity index (χ0n) is 14.5. The molecule has 0 atom stereocenters. The highest BCUT2D eigenvalue weighted by molar-refractivity contribution is 5.77. The van der Waals surface area contributed by atoms with Crippen LogP contribution < -0.4 is 10.6 Å². The molecular formula is C18H15F2N5O2. The highest BCUT2D eigenvalue weighted by Crippen LogP contribution is 2.34. The minimum Gasteiger partial charge on any atom is -0.334 e. The van der Waals surface area contributed by atoms with Gasteiger partial charge in [0, 0.05) is 17.4 Å². The van der Waals surface area contributed by atoms with Crippen molar-refractivity contribution in [3.05, 3.63) is 75.6 Å². The Kier molecular flexibility index (Phi) is 4.93. The van der Waals surface area contributed by atoms with Gasteiger partial charge in [0.15, 0.2) is 11.6 Å². The Hall–Kier alpha value is -3.62. The van der Waals surface area contributed by atoms with Gasteiger partial charge in [-0.25, -0.2) is 18.7 Å². The molecule has 0 saturated heterocycles. The summed E-state index contributed by atoms with van der Waals surface area (Å²) in [6, 6.07) is 8.57. The number of halogens is 2. The van der Waals surface area contributed by atoms with Gasteiger partial charge in [0.1, 0.15) is 6.33 Å². The number of anilines is 4. The number of aromatic nitrogens is 2. The molecule has 0 amide bonds. The van der Waals surface area contributed by atoms with E-state index in [0.717, 1.165) is 29.6 Å². The van der Waals surface area contributed by atoms with Gasteiger partial charge in [-0.2, -0.15) is 0 Å². The van der Waals surface area contributed by atoms with E-state index in [9.17, 15) is 18.9 Å². The quantitative estimate of drug-likeness (QED) is 0.496. The molecule has 0 spiro atoms. The van der Waals surface area contributed by atoms with Crippen molar-refractivity contribution < 1.29 is 13.7 Å². The topological polar surface area (TPSA) is 93.0 Å². The Bertz CT molecular complexity index is 1030. The lowest BCUT2D eigenvalue weighted by Crippen LogP contribution is -2.06. The number of nitrogens with one attached hydrogen (secondary N) is 2. The van der Waals surface area contributed by atoms with Gasteiger partial charge in [-0.05, 0) is 43.2 Å². The number of aryl methyl sites for hydroxylation is 1. The molecule has 0 bridgehead atoms. The van der Waals surface area contributed by atoms with Crippen molar-refractivity contribution in [2.75, 3.05) is 10.6 Å². The number of hydrogen-bond acceptors (Lipinski definition) is 6. The minimum atomic E-state index is -1.08. The highest BCUT2D eigenvalue weighted by atomic mass is 19.2. The number of hydrogen-bond donors (Lipinski definition) is 2. The van der Waals surface area contributed by atoms with Crippen LogP contribution >= 0.6 is 0 Å². The van der Waals surface area contributed by atoms with Crippen LogP contribution in [-0.2, 0) is 0 Å². The minimum absolute atomic E-state index is 0.0196. The number of nitro groups is 1. The average molecular weight is 371 g/mol. The monoisotopic (exact) mass is 371 g/mol. The van der Waals surface area contributed by atoms with Gasteiger partial charge in [0.2, 0.25) is 11.6 Å². The molecule has 0 unspecified atom stereocenters. The van der Waals surface area contributed by atoms with Gasteiger partial charge >= 0.3 is 5.69 Å². The molecule has 0 fully saturated rings. The summed E-state index contributed by atoms with van der Waals surface area (Å²) in [6.07, 6.45) is 1.14. The fourth-order valence-electron chi connectivity index (χ4n) is 2.46. The second-order valence-electron chi connectivity index (χ2n) is 5.80. The molecule has 7 nitrogen and oxygen atoms in total. The normalized spacial score (nSPS) is 10.5. The molecule has 2 N–H and O–H groups in total. The molecule has 1 aromatic heterocycles. The third kappa shape index (κ3) is 3.81. The van der Waals surface area contributed by atoms with Crippen molar-refractivity contribution in [3.63, 3.8) is 0 Å². The van der Waals surface area contributed by atoms with E-state index in [4.69, 9.17) is 0 Å². The van der Waals surface area contributed by atoms with Crippen LogP contribution in [0.4, 0.5) is 37.5 Å². The van der Waals surface area contributed by atoms with E-state index in [-0.39, 0.29) is 17.3 Å². The first kappa shape index (κ1) is 18.2. The van der Waals surface area contributed by atoms with Crippen LogP contribution in [0, 0.1) is 35.6 Å². The van der Waals surface area contributed by atoms with Crippen LogP contribution in [0.3, 0.4) is 0 Å². The maximum atomic E-state index is 13.4. The molecule has 1 heterocycles. The summed E-state index contributed by atoms with van der Waals surface area (Å²) < 4.78 is 26.5. The molecule has 2 aromatic carbocycles. The molecule has 3 aromatic rings. The summed E-state index contributed by atoms with van der Waals surface area (Å²) in [6.45, 7) is 3.80. The predicted molar refractivity (Wildman–Crippen MR) is 97.5 cm³/mol. The summed E-state index contributed by atoms with van der Waals surface area (Å²) >= 11 is 0. The van der Waals surface area contributed by atoms with Crippen molar-refractivity contribution in [1.29, 1.82) is 0 Å². The van der Waals surface area contributed by atoms with Gasteiger partial charge in [-0.15, -0.1) is 0 Å². The maximum absolute atomic E-state index is 13.4. The standard InChI is InChI=1S/C18H15F2N5O2/c1-10-4-3-5-15(11(10)2)24-18-16(25(26)27)17(21-9-22-18)23-12-6-7-13(19)14(20)8-12/h3-9H,1-2H3,(H2,21,22,23,24). The van der Waals surface area contributed by atoms with E-state index in [1.165, 1.54) is 6.07 Å².